The van der Waals surface area contributed by atoms with Crippen LogP contribution in [0.4, 0.5) is 0 Å². The molecule has 1 amide bonds. The smallest absolute Gasteiger partial charge is 0.273 e. The van der Waals surface area contributed by atoms with Gasteiger partial charge < -0.3 is 4.98 Å². The summed E-state index contributed by atoms with van der Waals surface area (Å²) in [4.78, 5) is 15.5. The largest absolute Gasteiger partial charge is 0.360 e. The van der Waals surface area contributed by atoms with Crippen molar-refractivity contribution in [1.29, 1.82) is 0 Å². The van der Waals surface area contributed by atoms with Crippen LogP contribution in [-0.4, -0.2) is 16.6 Å². The van der Waals surface area contributed by atoms with E-state index in [1.807, 2.05) is 24.3 Å². The van der Waals surface area contributed by atoms with E-state index in [0.717, 1.165) is 42.3 Å². The monoisotopic (exact) mass is 331 g/mol. The highest BCUT2D eigenvalue weighted by Gasteiger charge is 2.19. The van der Waals surface area contributed by atoms with Gasteiger partial charge in [0.15, 0.2) is 0 Å². The van der Waals surface area contributed by atoms with Crippen molar-refractivity contribution in [2.24, 2.45) is 5.10 Å². The van der Waals surface area contributed by atoms with Crippen LogP contribution in [0.2, 0.25) is 0 Å². The number of hydrazone groups is 1. The molecule has 4 rings (SSSR count). The Bertz CT molecular complexity index is 901. The number of carbonyl (C=O) groups is 1. The summed E-state index contributed by atoms with van der Waals surface area (Å²) in [6.45, 7) is 0. The Morgan fingerprint density at radius 3 is 2.52 bits per heavy atom. The summed E-state index contributed by atoms with van der Waals surface area (Å²) >= 11 is 0. The van der Waals surface area contributed by atoms with E-state index in [1.165, 1.54) is 5.56 Å². The van der Waals surface area contributed by atoms with E-state index in [-0.39, 0.29) is 5.91 Å². The first-order chi connectivity index (χ1) is 12.3. The normalized spacial score (nSPS) is 17.4. The van der Waals surface area contributed by atoms with Gasteiger partial charge in [0.1, 0.15) is 0 Å². The van der Waals surface area contributed by atoms with Crippen LogP contribution in [0.15, 0.2) is 65.9 Å². The highest BCUT2D eigenvalue weighted by molar-refractivity contribution is 6.07. The third-order valence-electron chi connectivity index (χ3n) is 4.98. The number of carbonyl (C=O) groups excluding carboxylic acids is 1. The Labute approximate surface area is 147 Å². The Morgan fingerprint density at radius 1 is 1.00 bits per heavy atom. The van der Waals surface area contributed by atoms with Crippen molar-refractivity contribution in [2.75, 3.05) is 0 Å². The first kappa shape index (κ1) is 15.6. The summed E-state index contributed by atoms with van der Waals surface area (Å²) in [5.41, 5.74) is 6.82. The summed E-state index contributed by atoms with van der Waals surface area (Å²) in [5, 5.41) is 5.30. The summed E-state index contributed by atoms with van der Waals surface area (Å²) < 4.78 is 0. The van der Waals surface area contributed by atoms with Crippen molar-refractivity contribution in [3.63, 3.8) is 0 Å². The van der Waals surface area contributed by atoms with Crippen LogP contribution in [0.5, 0.6) is 0 Å². The van der Waals surface area contributed by atoms with Gasteiger partial charge in [0, 0.05) is 22.8 Å². The predicted molar refractivity (Wildman–Crippen MR) is 101 cm³/mol. The zero-order valence-corrected chi connectivity index (χ0v) is 14.0. The number of hydrogen-bond donors (Lipinski definition) is 2. The summed E-state index contributed by atoms with van der Waals surface area (Å²) in [7, 11) is 0. The lowest BCUT2D eigenvalue weighted by atomic mass is 9.83. The quantitative estimate of drug-likeness (QED) is 0.676. The topological polar surface area (TPSA) is 57.2 Å². The van der Waals surface area contributed by atoms with Gasteiger partial charge in [-0.3, -0.25) is 4.79 Å². The minimum atomic E-state index is -0.157. The van der Waals surface area contributed by atoms with Crippen LogP contribution in [-0.2, 0) is 0 Å². The number of H-pyrrole nitrogens is 1. The number of aromatic amines is 1. The third kappa shape index (κ3) is 3.33. The van der Waals surface area contributed by atoms with E-state index >= 15 is 0 Å². The minimum Gasteiger partial charge on any atom is -0.360 e. The second-order valence-electron chi connectivity index (χ2n) is 6.55. The van der Waals surface area contributed by atoms with Crippen molar-refractivity contribution in [3.05, 3.63) is 71.9 Å². The number of hydrogen-bond acceptors (Lipinski definition) is 2. The Morgan fingerprint density at radius 2 is 1.72 bits per heavy atom. The van der Waals surface area contributed by atoms with Gasteiger partial charge >= 0.3 is 0 Å². The van der Waals surface area contributed by atoms with E-state index in [2.05, 4.69) is 45.8 Å². The molecule has 1 fully saturated rings. The molecular weight excluding hydrogens is 310 g/mol. The molecule has 4 heteroatoms. The molecule has 0 aliphatic heterocycles. The highest BCUT2D eigenvalue weighted by Crippen LogP contribution is 2.31. The van der Waals surface area contributed by atoms with Crippen molar-refractivity contribution < 1.29 is 4.79 Å². The third-order valence-corrected chi connectivity index (χ3v) is 4.98. The van der Waals surface area contributed by atoms with Crippen molar-refractivity contribution in [1.82, 2.24) is 10.4 Å². The summed E-state index contributed by atoms with van der Waals surface area (Å²) in [5.74, 6) is 0.444. The van der Waals surface area contributed by atoms with Gasteiger partial charge in [0.25, 0.3) is 5.91 Å². The number of amides is 1. The van der Waals surface area contributed by atoms with E-state index in [1.54, 1.807) is 6.20 Å². The van der Waals surface area contributed by atoms with Gasteiger partial charge in [0.05, 0.1) is 5.56 Å². The Hall–Kier alpha value is -2.88. The molecule has 0 bridgehead atoms. The first-order valence-corrected chi connectivity index (χ1v) is 8.78. The van der Waals surface area contributed by atoms with Crippen LogP contribution in [0, 0.1) is 0 Å². The number of nitrogens with one attached hydrogen (secondary N) is 2. The van der Waals surface area contributed by atoms with Gasteiger partial charge in [-0.15, -0.1) is 0 Å². The van der Waals surface area contributed by atoms with Crippen molar-refractivity contribution >= 4 is 22.5 Å². The predicted octanol–water partition coefficient (Wildman–Crippen LogP) is 4.61. The lowest BCUT2D eigenvalue weighted by molar-refractivity contribution is 0.0956. The number of para-hydroxylation sites is 1. The molecular formula is C21H21N3O. The van der Waals surface area contributed by atoms with E-state index < -0.39 is 0 Å². The lowest BCUT2D eigenvalue weighted by Gasteiger charge is -2.23. The molecule has 1 saturated carbocycles. The number of benzene rings is 2. The molecule has 2 N–H and O–H groups in total. The maximum atomic E-state index is 12.4. The summed E-state index contributed by atoms with van der Waals surface area (Å²) in [6, 6.07) is 18.4. The van der Waals surface area contributed by atoms with Gasteiger partial charge in [-0.05, 0) is 43.2 Å². The van der Waals surface area contributed by atoms with Crippen LogP contribution >= 0.6 is 0 Å². The average molecular weight is 331 g/mol. The second-order valence-corrected chi connectivity index (χ2v) is 6.55. The molecule has 4 nitrogen and oxygen atoms in total. The number of nitrogens with zero attached hydrogens (tertiary/aromatic N) is 1. The molecule has 2 aromatic carbocycles. The molecule has 0 unspecified atom stereocenters. The zero-order chi connectivity index (χ0) is 17.1. The second kappa shape index (κ2) is 6.93. The van der Waals surface area contributed by atoms with Gasteiger partial charge in [-0.2, -0.15) is 5.10 Å². The fourth-order valence-corrected chi connectivity index (χ4v) is 3.57. The summed E-state index contributed by atoms with van der Waals surface area (Å²) in [6.07, 6.45) is 5.80. The molecule has 0 spiro atoms. The highest BCUT2D eigenvalue weighted by atomic mass is 16.2. The molecule has 126 valence electrons. The zero-order valence-electron chi connectivity index (χ0n) is 14.0. The Kier molecular flexibility index (Phi) is 4.34. The molecule has 0 atom stereocenters. The molecule has 1 aliphatic carbocycles. The Balaban J connectivity index is 1.39. The number of rotatable bonds is 3. The van der Waals surface area contributed by atoms with E-state index in [4.69, 9.17) is 0 Å². The molecule has 1 aromatic heterocycles. The van der Waals surface area contributed by atoms with Crippen molar-refractivity contribution in [2.45, 2.75) is 31.6 Å². The standard InChI is InChI=1S/C21H21N3O/c25-21(19-14-22-20-9-5-4-8-18(19)20)24-23-17-12-10-16(11-13-17)15-6-2-1-3-7-15/h1-9,14,16,22H,10-13H2,(H,24,25). The maximum Gasteiger partial charge on any atom is 0.273 e. The van der Waals surface area contributed by atoms with Crippen LogP contribution in [0.1, 0.15) is 47.5 Å². The molecule has 3 aromatic rings. The van der Waals surface area contributed by atoms with E-state index in [9.17, 15) is 4.79 Å². The number of fused-ring (bicyclic) bond motifs is 1. The maximum absolute atomic E-state index is 12.4. The molecule has 0 saturated heterocycles. The fraction of sp³-hybridized carbons (Fsp3) is 0.238. The van der Waals surface area contributed by atoms with Gasteiger partial charge in [-0.25, -0.2) is 5.43 Å². The number of aromatic nitrogens is 1. The minimum absolute atomic E-state index is 0.157. The lowest BCUT2D eigenvalue weighted by Crippen LogP contribution is -2.21. The molecule has 25 heavy (non-hydrogen) atoms. The van der Waals surface area contributed by atoms with Crippen LogP contribution in [0.25, 0.3) is 10.9 Å². The average Bonchev–Trinajstić information content (AvgIpc) is 3.11. The van der Waals surface area contributed by atoms with Crippen LogP contribution < -0.4 is 5.43 Å². The first-order valence-electron chi connectivity index (χ1n) is 8.78. The molecule has 1 aliphatic rings. The molecule has 0 radical (unpaired) electrons. The van der Waals surface area contributed by atoms with Crippen LogP contribution in [0.3, 0.4) is 0 Å². The SMILES string of the molecule is O=C(NN=C1CCC(c2ccccc2)CC1)c1c[nH]c2ccccc12. The molecule has 1 heterocycles. The van der Waals surface area contributed by atoms with Gasteiger partial charge in [-0.1, -0.05) is 48.5 Å². The van der Waals surface area contributed by atoms with Gasteiger partial charge in [0.2, 0.25) is 0 Å². The van der Waals surface area contributed by atoms with Crippen molar-refractivity contribution in [3.8, 4) is 0 Å². The van der Waals surface area contributed by atoms with E-state index in [0.29, 0.717) is 11.5 Å². The fourth-order valence-electron chi connectivity index (χ4n) is 3.57.